The highest BCUT2D eigenvalue weighted by Gasteiger charge is 2.31. The predicted molar refractivity (Wildman–Crippen MR) is 33.2 cm³/mol. The minimum absolute atomic E-state index is 0.714. The van der Waals surface area contributed by atoms with E-state index >= 15 is 0 Å². The van der Waals surface area contributed by atoms with E-state index in [-0.39, 0.29) is 0 Å². The summed E-state index contributed by atoms with van der Waals surface area (Å²) in [6, 6.07) is 0. The van der Waals surface area contributed by atoms with Crippen LogP contribution in [0.1, 0.15) is 0 Å². The molecular formula is C6H7F3O3. The average molecular weight is 184 g/mol. The lowest BCUT2D eigenvalue weighted by atomic mass is 10.6. The third-order valence-corrected chi connectivity index (χ3v) is 0.815. The Labute approximate surface area is 66.8 Å². The maximum atomic E-state index is 12.1. The van der Waals surface area contributed by atoms with E-state index in [4.69, 9.17) is 0 Å². The van der Waals surface area contributed by atoms with Gasteiger partial charge in [-0.3, -0.25) is 4.74 Å². The Kier molecular flexibility index (Phi) is 4.35. The first kappa shape index (κ1) is 11.0. The van der Waals surface area contributed by atoms with Crippen LogP contribution in [0.5, 0.6) is 0 Å². The molecule has 0 N–H and O–H groups in total. The zero-order valence-electron chi connectivity index (χ0n) is 6.06. The molecule has 0 amide bonds. The normalized spacial score (nSPS) is 10.9. The van der Waals surface area contributed by atoms with Crippen molar-refractivity contribution in [2.24, 2.45) is 0 Å². The van der Waals surface area contributed by atoms with Crippen molar-refractivity contribution in [2.75, 3.05) is 13.5 Å². The van der Waals surface area contributed by atoms with Gasteiger partial charge in [-0.2, -0.15) is 8.78 Å². The molecule has 0 rings (SSSR count). The average Bonchev–Trinajstić information content (AvgIpc) is 2.00. The smallest absolute Gasteiger partial charge is 0.391 e. The maximum Gasteiger partial charge on any atom is 0.391 e. The van der Waals surface area contributed by atoms with Crippen LogP contribution in [0.3, 0.4) is 0 Å². The fourth-order valence-corrected chi connectivity index (χ4v) is 0.336. The molecule has 0 fully saturated rings. The second kappa shape index (κ2) is 4.76. The first-order valence-corrected chi connectivity index (χ1v) is 2.89. The second-order valence-corrected chi connectivity index (χ2v) is 1.70. The van der Waals surface area contributed by atoms with Gasteiger partial charge in [0.1, 0.15) is 0 Å². The van der Waals surface area contributed by atoms with Crippen LogP contribution in [0.25, 0.3) is 0 Å². The molecule has 0 aliphatic carbocycles. The molecule has 12 heavy (non-hydrogen) atoms. The fraction of sp³-hybridized carbons (Fsp3) is 0.500. The zero-order chi connectivity index (χ0) is 9.61. The number of carbonyl (C=O) groups is 1. The molecule has 0 spiro atoms. The number of hydrogen-bond donors (Lipinski definition) is 0. The Morgan fingerprint density at radius 3 is 2.58 bits per heavy atom. The number of esters is 1. The van der Waals surface area contributed by atoms with Gasteiger partial charge in [0, 0.05) is 6.08 Å². The first-order chi connectivity index (χ1) is 5.52. The Balaban J connectivity index is 3.74. The van der Waals surface area contributed by atoms with E-state index < -0.39 is 25.5 Å². The summed E-state index contributed by atoms with van der Waals surface area (Å²) in [6.07, 6.45) is -3.07. The summed E-state index contributed by atoms with van der Waals surface area (Å²) in [5, 5.41) is 0. The molecule has 0 aromatic rings. The number of halogens is 3. The van der Waals surface area contributed by atoms with Crippen LogP contribution in [0.4, 0.5) is 13.2 Å². The minimum atomic E-state index is -3.78. The van der Waals surface area contributed by atoms with Crippen LogP contribution in [-0.2, 0) is 14.3 Å². The molecule has 0 saturated carbocycles. The van der Waals surface area contributed by atoms with Gasteiger partial charge in [-0.15, -0.1) is 0 Å². The van der Waals surface area contributed by atoms with Gasteiger partial charge in [-0.25, -0.2) is 9.18 Å². The van der Waals surface area contributed by atoms with Crippen LogP contribution in [0.15, 0.2) is 12.7 Å². The number of carbonyl (C=O) groups excluding carboxylic acids is 1. The summed E-state index contributed by atoms with van der Waals surface area (Å²) in [7, 11) is 0. The van der Waals surface area contributed by atoms with Gasteiger partial charge < -0.3 is 4.74 Å². The van der Waals surface area contributed by atoms with Gasteiger partial charge in [-0.1, -0.05) is 6.58 Å². The molecule has 6 heteroatoms. The van der Waals surface area contributed by atoms with Crippen molar-refractivity contribution in [2.45, 2.75) is 6.11 Å². The van der Waals surface area contributed by atoms with E-state index in [1.54, 1.807) is 0 Å². The lowest BCUT2D eigenvalue weighted by Gasteiger charge is -2.13. The van der Waals surface area contributed by atoms with Gasteiger partial charge in [0.2, 0.25) is 0 Å². The van der Waals surface area contributed by atoms with Crippen LogP contribution in [-0.4, -0.2) is 25.5 Å². The van der Waals surface area contributed by atoms with Crippen molar-refractivity contribution in [3.63, 3.8) is 0 Å². The summed E-state index contributed by atoms with van der Waals surface area (Å²) < 4.78 is 42.7. The number of ether oxygens (including phenoxy) is 2. The van der Waals surface area contributed by atoms with E-state index in [1.807, 2.05) is 0 Å². The van der Waals surface area contributed by atoms with Crippen LogP contribution in [0, 0.1) is 0 Å². The summed E-state index contributed by atoms with van der Waals surface area (Å²) in [6.45, 7) is 0.0150. The highest BCUT2D eigenvalue weighted by molar-refractivity contribution is 5.81. The second-order valence-electron chi connectivity index (χ2n) is 1.70. The molecule has 0 saturated heterocycles. The number of hydrogen-bond acceptors (Lipinski definition) is 3. The highest BCUT2D eigenvalue weighted by Crippen LogP contribution is 2.15. The molecule has 0 heterocycles. The van der Waals surface area contributed by atoms with Crippen molar-refractivity contribution < 1.29 is 27.4 Å². The monoisotopic (exact) mass is 184 g/mol. The summed E-state index contributed by atoms with van der Waals surface area (Å²) in [5.41, 5.74) is 0. The lowest BCUT2D eigenvalue weighted by molar-refractivity contribution is -0.274. The van der Waals surface area contributed by atoms with Gasteiger partial charge in [0.05, 0.1) is 0 Å². The lowest BCUT2D eigenvalue weighted by Crippen LogP contribution is -2.28. The van der Waals surface area contributed by atoms with Crippen molar-refractivity contribution in [1.29, 1.82) is 0 Å². The van der Waals surface area contributed by atoms with E-state index in [0.29, 0.717) is 6.08 Å². The Hall–Kier alpha value is -1.04. The van der Waals surface area contributed by atoms with Crippen LogP contribution < -0.4 is 0 Å². The van der Waals surface area contributed by atoms with E-state index in [1.165, 1.54) is 0 Å². The van der Waals surface area contributed by atoms with Gasteiger partial charge >= 0.3 is 12.1 Å². The largest absolute Gasteiger partial charge is 0.453 e. The van der Waals surface area contributed by atoms with E-state index in [2.05, 4.69) is 16.1 Å². The highest BCUT2D eigenvalue weighted by atomic mass is 19.3. The standard InChI is InChI=1S/C6H7F3O3/c1-2-5(10)11-3-6(8,9)12-4-7/h2H,1,3-4H2. The van der Waals surface area contributed by atoms with Gasteiger partial charge in [0.15, 0.2) is 13.5 Å². The molecule has 0 unspecified atom stereocenters. The van der Waals surface area contributed by atoms with E-state index in [9.17, 15) is 18.0 Å². The molecule has 0 aromatic heterocycles. The van der Waals surface area contributed by atoms with E-state index in [0.717, 1.165) is 0 Å². The van der Waals surface area contributed by atoms with Gasteiger partial charge in [-0.05, 0) is 0 Å². The molecule has 0 atom stereocenters. The Morgan fingerprint density at radius 2 is 2.17 bits per heavy atom. The first-order valence-electron chi connectivity index (χ1n) is 2.89. The fourth-order valence-electron chi connectivity index (χ4n) is 0.336. The van der Waals surface area contributed by atoms with Crippen molar-refractivity contribution in [3.8, 4) is 0 Å². The van der Waals surface area contributed by atoms with Crippen molar-refractivity contribution in [1.82, 2.24) is 0 Å². The van der Waals surface area contributed by atoms with Crippen molar-refractivity contribution in [3.05, 3.63) is 12.7 Å². The molecule has 0 aliphatic heterocycles. The molecular weight excluding hydrogens is 177 g/mol. The topological polar surface area (TPSA) is 35.5 Å². The summed E-state index contributed by atoms with van der Waals surface area (Å²) >= 11 is 0. The van der Waals surface area contributed by atoms with Crippen LogP contribution >= 0.6 is 0 Å². The quantitative estimate of drug-likeness (QED) is 0.476. The summed E-state index contributed by atoms with van der Waals surface area (Å²) in [5.74, 6) is -1.02. The molecule has 0 aromatic carbocycles. The molecule has 3 nitrogen and oxygen atoms in total. The number of rotatable bonds is 5. The summed E-state index contributed by atoms with van der Waals surface area (Å²) in [4.78, 5) is 10.2. The molecule has 0 aliphatic rings. The predicted octanol–water partition coefficient (Wildman–Crippen LogP) is 1.25. The van der Waals surface area contributed by atoms with Crippen LogP contribution in [0.2, 0.25) is 0 Å². The molecule has 70 valence electrons. The number of alkyl halides is 3. The third kappa shape index (κ3) is 4.73. The Bertz CT molecular complexity index is 169. The van der Waals surface area contributed by atoms with Gasteiger partial charge in [0.25, 0.3) is 0 Å². The third-order valence-electron chi connectivity index (χ3n) is 0.815. The SMILES string of the molecule is C=CC(=O)OCC(F)(F)OCF. The molecule has 0 bridgehead atoms. The van der Waals surface area contributed by atoms with Crippen molar-refractivity contribution >= 4 is 5.97 Å². The maximum absolute atomic E-state index is 12.1. The molecule has 0 radical (unpaired) electrons. The minimum Gasteiger partial charge on any atom is -0.453 e. The zero-order valence-corrected chi connectivity index (χ0v) is 6.06. The Morgan fingerprint density at radius 1 is 1.58 bits per heavy atom.